The molecule has 2 aromatic rings. The van der Waals surface area contributed by atoms with E-state index in [1.165, 1.54) is 18.7 Å². The van der Waals surface area contributed by atoms with Crippen LogP contribution in [0.3, 0.4) is 0 Å². The molecule has 0 spiro atoms. The first-order valence-electron chi connectivity index (χ1n) is 7.85. The first-order valence-corrected chi connectivity index (χ1v) is 7.85. The van der Waals surface area contributed by atoms with Crippen LogP contribution in [0.5, 0.6) is 11.5 Å². The van der Waals surface area contributed by atoms with Crippen LogP contribution < -0.4 is 26.0 Å². The Hall–Kier alpha value is -3.21. The van der Waals surface area contributed by atoms with Crippen molar-refractivity contribution in [2.45, 2.75) is 13.0 Å². The lowest BCUT2D eigenvalue weighted by Gasteiger charge is -2.14. The van der Waals surface area contributed by atoms with Gasteiger partial charge in [0, 0.05) is 27.1 Å². The molecule has 8 heteroatoms. The van der Waals surface area contributed by atoms with Crippen molar-refractivity contribution in [3.05, 3.63) is 50.2 Å². The zero-order chi connectivity index (χ0) is 18.0. The number of aromatic nitrogens is 2. The lowest BCUT2D eigenvalue weighted by atomic mass is 10.2. The summed E-state index contributed by atoms with van der Waals surface area (Å²) in [6.07, 6.45) is 0.823. The standard InChI is InChI=1S/C17H18N4O4/c1-20-15(12(9-18)16(22)21(2)17(20)23)19-10-11-4-5-13-14(8-11)25-7-3-6-24-13/h4-5,8,19H,3,6-7,10H2,1-2H3. The second-order valence-electron chi connectivity index (χ2n) is 5.73. The second kappa shape index (κ2) is 6.73. The molecule has 1 aromatic heterocycles. The molecule has 1 aromatic carbocycles. The van der Waals surface area contributed by atoms with Crippen molar-refractivity contribution in [2.75, 3.05) is 18.5 Å². The Morgan fingerprint density at radius 3 is 2.60 bits per heavy atom. The topological polar surface area (TPSA) is 98.3 Å². The largest absolute Gasteiger partial charge is 0.490 e. The first kappa shape index (κ1) is 16.6. The van der Waals surface area contributed by atoms with Gasteiger partial charge in [0.2, 0.25) is 0 Å². The predicted molar refractivity (Wildman–Crippen MR) is 91.0 cm³/mol. The van der Waals surface area contributed by atoms with Crippen molar-refractivity contribution < 1.29 is 9.47 Å². The zero-order valence-electron chi connectivity index (χ0n) is 14.0. The van der Waals surface area contributed by atoms with Crippen LogP contribution in [0.25, 0.3) is 0 Å². The normalized spacial score (nSPS) is 13.0. The van der Waals surface area contributed by atoms with Crippen molar-refractivity contribution in [3.8, 4) is 17.6 Å². The van der Waals surface area contributed by atoms with E-state index in [4.69, 9.17) is 9.47 Å². The van der Waals surface area contributed by atoms with Crippen molar-refractivity contribution >= 4 is 5.82 Å². The highest BCUT2D eigenvalue weighted by atomic mass is 16.5. The van der Waals surface area contributed by atoms with Crippen LogP contribution in [-0.4, -0.2) is 22.3 Å². The molecule has 0 saturated heterocycles. The summed E-state index contributed by atoms with van der Waals surface area (Å²) in [6, 6.07) is 7.41. The van der Waals surface area contributed by atoms with Crippen molar-refractivity contribution in [1.82, 2.24) is 9.13 Å². The van der Waals surface area contributed by atoms with E-state index in [9.17, 15) is 14.9 Å². The molecule has 1 aliphatic heterocycles. The summed E-state index contributed by atoms with van der Waals surface area (Å²) in [4.78, 5) is 24.1. The molecule has 0 saturated carbocycles. The van der Waals surface area contributed by atoms with Crippen LogP contribution in [0, 0.1) is 11.3 Å². The third-order valence-electron chi connectivity index (χ3n) is 4.05. The van der Waals surface area contributed by atoms with Gasteiger partial charge in [-0.05, 0) is 17.7 Å². The number of nitriles is 1. The molecule has 0 unspecified atom stereocenters. The van der Waals surface area contributed by atoms with Crippen LogP contribution >= 0.6 is 0 Å². The van der Waals surface area contributed by atoms with Crippen LogP contribution in [0.2, 0.25) is 0 Å². The van der Waals surface area contributed by atoms with Gasteiger partial charge in [-0.3, -0.25) is 13.9 Å². The van der Waals surface area contributed by atoms with Gasteiger partial charge in [0.15, 0.2) is 17.1 Å². The third-order valence-corrected chi connectivity index (χ3v) is 4.05. The minimum Gasteiger partial charge on any atom is -0.490 e. The number of nitrogens with zero attached hydrogens (tertiary/aromatic N) is 3. The maximum atomic E-state index is 12.1. The van der Waals surface area contributed by atoms with E-state index < -0.39 is 11.2 Å². The molecule has 8 nitrogen and oxygen atoms in total. The molecule has 1 aliphatic rings. The molecule has 3 rings (SSSR count). The summed E-state index contributed by atoms with van der Waals surface area (Å²) in [6.45, 7) is 1.53. The Bertz CT molecular complexity index is 968. The van der Waals surface area contributed by atoms with E-state index in [1.54, 1.807) is 0 Å². The SMILES string of the molecule is Cn1c(NCc2ccc3c(c2)OCCCO3)c(C#N)c(=O)n(C)c1=O. The van der Waals surface area contributed by atoms with Gasteiger partial charge in [0.05, 0.1) is 13.2 Å². The van der Waals surface area contributed by atoms with E-state index in [1.807, 2.05) is 24.3 Å². The third kappa shape index (κ3) is 3.08. The van der Waals surface area contributed by atoms with Gasteiger partial charge in [-0.1, -0.05) is 6.07 Å². The second-order valence-corrected chi connectivity index (χ2v) is 5.73. The van der Waals surface area contributed by atoms with Gasteiger partial charge in [-0.2, -0.15) is 5.26 Å². The maximum absolute atomic E-state index is 12.1. The number of benzene rings is 1. The fourth-order valence-corrected chi connectivity index (χ4v) is 2.66. The average molecular weight is 342 g/mol. The van der Waals surface area contributed by atoms with E-state index in [2.05, 4.69) is 5.32 Å². The Labute approximate surface area is 143 Å². The summed E-state index contributed by atoms with van der Waals surface area (Å²) in [5.41, 5.74) is -0.336. The van der Waals surface area contributed by atoms with Gasteiger partial charge in [-0.25, -0.2) is 4.79 Å². The number of fused-ring (bicyclic) bond motifs is 1. The summed E-state index contributed by atoms with van der Waals surface area (Å²) in [7, 11) is 2.86. The molecule has 0 aliphatic carbocycles. The van der Waals surface area contributed by atoms with Gasteiger partial charge in [0.1, 0.15) is 11.9 Å². The highest BCUT2D eigenvalue weighted by molar-refractivity contribution is 5.52. The molecule has 2 heterocycles. The van der Waals surface area contributed by atoms with Gasteiger partial charge in [-0.15, -0.1) is 0 Å². The number of anilines is 1. The summed E-state index contributed by atoms with van der Waals surface area (Å²) in [5.74, 6) is 1.55. The molecule has 130 valence electrons. The molecule has 0 radical (unpaired) electrons. The van der Waals surface area contributed by atoms with Crippen molar-refractivity contribution in [3.63, 3.8) is 0 Å². The molecular weight excluding hydrogens is 324 g/mol. The highest BCUT2D eigenvalue weighted by Gasteiger charge is 2.16. The Morgan fingerprint density at radius 2 is 1.88 bits per heavy atom. The quantitative estimate of drug-likeness (QED) is 0.883. The molecule has 0 fully saturated rings. The monoisotopic (exact) mass is 342 g/mol. The number of hydrogen-bond acceptors (Lipinski definition) is 6. The minimum absolute atomic E-state index is 0.0982. The highest BCUT2D eigenvalue weighted by Crippen LogP contribution is 2.30. The Morgan fingerprint density at radius 1 is 1.16 bits per heavy atom. The van der Waals surface area contributed by atoms with Gasteiger partial charge < -0.3 is 14.8 Å². The maximum Gasteiger partial charge on any atom is 0.332 e. The van der Waals surface area contributed by atoms with Crippen molar-refractivity contribution in [1.29, 1.82) is 5.26 Å². The first-order chi connectivity index (χ1) is 12.0. The van der Waals surface area contributed by atoms with Gasteiger partial charge in [0.25, 0.3) is 5.56 Å². The lowest BCUT2D eigenvalue weighted by Crippen LogP contribution is -2.39. The fraction of sp³-hybridized carbons (Fsp3) is 0.353. The number of rotatable bonds is 3. The van der Waals surface area contributed by atoms with Crippen molar-refractivity contribution in [2.24, 2.45) is 14.1 Å². The molecule has 1 N–H and O–H groups in total. The summed E-state index contributed by atoms with van der Waals surface area (Å²) in [5, 5.41) is 12.3. The van der Waals surface area contributed by atoms with Crippen LogP contribution in [0.4, 0.5) is 5.82 Å². The number of hydrogen-bond donors (Lipinski definition) is 1. The van der Waals surface area contributed by atoms with Gasteiger partial charge >= 0.3 is 5.69 Å². The van der Waals surface area contributed by atoms with E-state index >= 15 is 0 Å². The Kier molecular flexibility index (Phi) is 4.48. The van der Waals surface area contributed by atoms with E-state index in [0.29, 0.717) is 31.3 Å². The smallest absolute Gasteiger partial charge is 0.332 e. The average Bonchev–Trinajstić information content (AvgIpc) is 2.86. The van der Waals surface area contributed by atoms with Crippen LogP contribution in [-0.2, 0) is 20.6 Å². The zero-order valence-corrected chi connectivity index (χ0v) is 14.0. The predicted octanol–water partition coefficient (Wildman–Crippen LogP) is 0.729. The number of ether oxygens (including phenoxy) is 2. The molecule has 0 bridgehead atoms. The summed E-state index contributed by atoms with van der Waals surface area (Å²) < 4.78 is 13.4. The molecule has 0 atom stereocenters. The minimum atomic E-state index is -0.619. The number of nitrogens with one attached hydrogen (secondary N) is 1. The molecule has 25 heavy (non-hydrogen) atoms. The van der Waals surface area contributed by atoms with E-state index in [0.717, 1.165) is 16.6 Å². The molecular formula is C17H18N4O4. The lowest BCUT2D eigenvalue weighted by molar-refractivity contribution is 0.297. The fourth-order valence-electron chi connectivity index (χ4n) is 2.66. The summed E-state index contributed by atoms with van der Waals surface area (Å²) >= 11 is 0. The Balaban J connectivity index is 1.90. The van der Waals surface area contributed by atoms with Crippen LogP contribution in [0.1, 0.15) is 17.5 Å². The molecule has 0 amide bonds. The van der Waals surface area contributed by atoms with Crippen LogP contribution in [0.15, 0.2) is 27.8 Å². The van der Waals surface area contributed by atoms with E-state index in [-0.39, 0.29) is 11.4 Å².